The molecule has 0 saturated heterocycles. The molecule has 0 fully saturated rings. The van der Waals surface area contributed by atoms with Crippen molar-refractivity contribution in [2.24, 2.45) is 0 Å². The molecule has 7 heteroatoms. The van der Waals surface area contributed by atoms with Gasteiger partial charge in [-0.2, -0.15) is 0 Å². The van der Waals surface area contributed by atoms with Crippen molar-refractivity contribution in [1.82, 2.24) is 15.0 Å². The number of fused-ring (bicyclic) bond motifs is 1. The Morgan fingerprint density at radius 1 is 1.48 bits per heavy atom. The van der Waals surface area contributed by atoms with E-state index in [0.29, 0.717) is 18.2 Å². The second-order valence-corrected chi connectivity index (χ2v) is 5.70. The lowest BCUT2D eigenvalue weighted by atomic mass is 10.1. The predicted molar refractivity (Wildman–Crippen MR) is 77.4 cm³/mol. The van der Waals surface area contributed by atoms with Crippen LogP contribution in [0.2, 0.25) is 0 Å². The molecular weight excluding hydrogens is 290 g/mol. The number of hydrogen-bond donors (Lipinski definition) is 0. The molecule has 0 aromatic carbocycles. The molecule has 0 bridgehead atoms. The number of carbonyl (C=O) groups excluding carboxylic acids is 1. The standard InChI is InChI=1S/C14H15N3O3S/c1-3-20-14(18)8-4-5-10-12(8)17-13(21-10)9-6-11(19-2)16-7-15-9/h6-8H,3-5H2,1-2H3. The van der Waals surface area contributed by atoms with Gasteiger partial charge in [-0.25, -0.2) is 15.0 Å². The Morgan fingerprint density at radius 2 is 2.33 bits per heavy atom. The van der Waals surface area contributed by atoms with E-state index >= 15 is 0 Å². The summed E-state index contributed by atoms with van der Waals surface area (Å²) in [5, 5.41) is 0.787. The number of nitrogens with zero attached hydrogens (tertiary/aromatic N) is 3. The first kappa shape index (κ1) is 13.9. The fourth-order valence-corrected chi connectivity index (χ4v) is 3.48. The second-order valence-electron chi connectivity index (χ2n) is 4.62. The third-order valence-corrected chi connectivity index (χ3v) is 4.51. The third-order valence-electron chi connectivity index (χ3n) is 3.36. The van der Waals surface area contributed by atoms with Crippen LogP contribution < -0.4 is 4.74 Å². The highest BCUT2D eigenvalue weighted by Gasteiger charge is 2.33. The van der Waals surface area contributed by atoms with Gasteiger partial charge in [0, 0.05) is 10.9 Å². The van der Waals surface area contributed by atoms with E-state index in [4.69, 9.17) is 9.47 Å². The van der Waals surface area contributed by atoms with E-state index in [1.807, 2.05) is 6.92 Å². The number of esters is 1. The first-order chi connectivity index (χ1) is 10.2. The molecule has 0 saturated carbocycles. The zero-order valence-corrected chi connectivity index (χ0v) is 12.6. The Labute approximate surface area is 126 Å². The van der Waals surface area contributed by atoms with E-state index in [9.17, 15) is 4.79 Å². The van der Waals surface area contributed by atoms with E-state index in [-0.39, 0.29) is 11.9 Å². The van der Waals surface area contributed by atoms with Crippen molar-refractivity contribution in [3.63, 3.8) is 0 Å². The summed E-state index contributed by atoms with van der Waals surface area (Å²) in [6, 6.07) is 1.74. The van der Waals surface area contributed by atoms with Crippen molar-refractivity contribution in [2.75, 3.05) is 13.7 Å². The predicted octanol–water partition coefficient (Wildman–Crippen LogP) is 2.20. The lowest BCUT2D eigenvalue weighted by Gasteiger charge is -2.07. The Hall–Kier alpha value is -2.02. The summed E-state index contributed by atoms with van der Waals surface area (Å²) in [5.74, 6) is 0.0688. The minimum absolute atomic E-state index is 0.187. The maximum Gasteiger partial charge on any atom is 0.315 e. The van der Waals surface area contributed by atoms with E-state index in [1.165, 1.54) is 6.33 Å². The van der Waals surface area contributed by atoms with E-state index < -0.39 is 0 Å². The number of ether oxygens (including phenoxy) is 2. The highest BCUT2D eigenvalue weighted by atomic mass is 32.1. The van der Waals surface area contributed by atoms with Crippen LogP contribution in [0.3, 0.4) is 0 Å². The summed E-state index contributed by atoms with van der Waals surface area (Å²) < 4.78 is 10.2. The summed E-state index contributed by atoms with van der Waals surface area (Å²) in [4.78, 5) is 25.9. The number of thiazole rings is 1. The van der Waals surface area contributed by atoms with Crippen molar-refractivity contribution in [3.8, 4) is 16.6 Å². The summed E-state index contributed by atoms with van der Waals surface area (Å²) in [5.41, 5.74) is 1.55. The third kappa shape index (κ3) is 2.61. The Balaban J connectivity index is 1.91. The number of methoxy groups -OCH3 is 1. The van der Waals surface area contributed by atoms with Crippen molar-refractivity contribution in [1.29, 1.82) is 0 Å². The van der Waals surface area contributed by atoms with Crippen LogP contribution in [0.5, 0.6) is 5.88 Å². The highest BCUT2D eigenvalue weighted by molar-refractivity contribution is 7.15. The van der Waals surface area contributed by atoms with Crippen LogP contribution in [0.25, 0.3) is 10.7 Å². The van der Waals surface area contributed by atoms with E-state index in [2.05, 4.69) is 15.0 Å². The van der Waals surface area contributed by atoms with Gasteiger partial charge in [0.2, 0.25) is 5.88 Å². The molecule has 0 radical (unpaired) electrons. The first-order valence-electron chi connectivity index (χ1n) is 6.75. The molecule has 0 N–H and O–H groups in total. The van der Waals surface area contributed by atoms with Crippen LogP contribution >= 0.6 is 11.3 Å². The molecule has 0 spiro atoms. The smallest absolute Gasteiger partial charge is 0.315 e. The SMILES string of the molecule is CCOC(=O)C1CCc2sc(-c3cc(OC)ncn3)nc21. The van der Waals surface area contributed by atoms with Gasteiger partial charge in [0.25, 0.3) is 0 Å². The number of hydrogen-bond acceptors (Lipinski definition) is 7. The van der Waals surface area contributed by atoms with Crippen LogP contribution in [0.15, 0.2) is 12.4 Å². The zero-order valence-electron chi connectivity index (χ0n) is 11.8. The summed E-state index contributed by atoms with van der Waals surface area (Å²) in [6.07, 6.45) is 3.09. The molecule has 110 valence electrons. The average molecular weight is 305 g/mol. The fraction of sp³-hybridized carbons (Fsp3) is 0.429. The van der Waals surface area contributed by atoms with Gasteiger partial charge in [-0.3, -0.25) is 4.79 Å². The molecule has 1 atom stereocenters. The van der Waals surface area contributed by atoms with Crippen molar-refractivity contribution >= 4 is 17.3 Å². The van der Waals surface area contributed by atoms with Crippen LogP contribution in [-0.4, -0.2) is 34.6 Å². The fourth-order valence-electron chi connectivity index (χ4n) is 2.38. The lowest BCUT2D eigenvalue weighted by molar-refractivity contribution is -0.145. The van der Waals surface area contributed by atoms with Crippen molar-refractivity contribution in [2.45, 2.75) is 25.7 Å². The van der Waals surface area contributed by atoms with Crippen LogP contribution in [-0.2, 0) is 16.0 Å². The molecular formula is C14H15N3O3S. The monoisotopic (exact) mass is 305 g/mol. The molecule has 1 aliphatic carbocycles. The Morgan fingerprint density at radius 3 is 3.10 bits per heavy atom. The molecule has 2 aromatic rings. The Bertz CT molecular complexity index is 671. The van der Waals surface area contributed by atoms with E-state index in [0.717, 1.165) is 28.4 Å². The highest BCUT2D eigenvalue weighted by Crippen LogP contribution is 2.40. The zero-order chi connectivity index (χ0) is 14.8. The molecule has 1 unspecified atom stereocenters. The number of aryl methyl sites for hydroxylation is 1. The lowest BCUT2D eigenvalue weighted by Crippen LogP contribution is -2.14. The second kappa shape index (κ2) is 5.77. The van der Waals surface area contributed by atoms with Crippen molar-refractivity contribution < 1.29 is 14.3 Å². The molecule has 21 heavy (non-hydrogen) atoms. The maximum atomic E-state index is 12.0. The Kier molecular flexibility index (Phi) is 3.83. The minimum atomic E-state index is -0.242. The normalized spacial score (nSPS) is 16.6. The van der Waals surface area contributed by atoms with E-state index in [1.54, 1.807) is 24.5 Å². The maximum absolute atomic E-state index is 12.0. The first-order valence-corrected chi connectivity index (χ1v) is 7.57. The summed E-state index contributed by atoms with van der Waals surface area (Å²) >= 11 is 1.57. The van der Waals surface area contributed by atoms with Gasteiger partial charge in [0.1, 0.15) is 22.9 Å². The number of rotatable bonds is 4. The number of aromatic nitrogens is 3. The molecule has 2 heterocycles. The summed E-state index contributed by atoms with van der Waals surface area (Å²) in [7, 11) is 1.56. The van der Waals surface area contributed by atoms with Gasteiger partial charge in [-0.05, 0) is 19.8 Å². The number of carbonyl (C=O) groups is 1. The quantitative estimate of drug-likeness (QED) is 0.806. The van der Waals surface area contributed by atoms with Crippen LogP contribution in [0, 0.1) is 0 Å². The van der Waals surface area contributed by atoms with Crippen LogP contribution in [0.4, 0.5) is 0 Å². The average Bonchev–Trinajstić information content (AvgIpc) is 3.07. The molecule has 3 rings (SSSR count). The topological polar surface area (TPSA) is 74.2 Å². The molecule has 6 nitrogen and oxygen atoms in total. The molecule has 0 aliphatic heterocycles. The van der Waals surface area contributed by atoms with Crippen LogP contribution in [0.1, 0.15) is 29.8 Å². The van der Waals surface area contributed by atoms with Crippen molar-refractivity contribution in [3.05, 3.63) is 23.0 Å². The summed E-state index contributed by atoms with van der Waals surface area (Å²) in [6.45, 7) is 2.21. The van der Waals surface area contributed by atoms with Gasteiger partial charge in [0.15, 0.2) is 0 Å². The van der Waals surface area contributed by atoms with Gasteiger partial charge < -0.3 is 9.47 Å². The van der Waals surface area contributed by atoms with Gasteiger partial charge in [-0.15, -0.1) is 11.3 Å². The largest absolute Gasteiger partial charge is 0.481 e. The van der Waals surface area contributed by atoms with Gasteiger partial charge in [0.05, 0.1) is 19.4 Å². The molecule has 1 aliphatic rings. The van der Waals surface area contributed by atoms with Gasteiger partial charge in [-0.1, -0.05) is 0 Å². The minimum Gasteiger partial charge on any atom is -0.481 e. The molecule has 2 aromatic heterocycles. The molecule has 0 amide bonds. The van der Waals surface area contributed by atoms with Gasteiger partial charge >= 0.3 is 5.97 Å².